The highest BCUT2D eigenvalue weighted by Gasteiger charge is 2.27. The van der Waals surface area contributed by atoms with Gasteiger partial charge in [-0.15, -0.1) is 10.2 Å². The Morgan fingerprint density at radius 1 is 1.13 bits per heavy atom. The molecule has 2 saturated heterocycles. The Balaban J connectivity index is 1.33. The number of aromatic nitrogens is 2. The lowest BCUT2D eigenvalue weighted by Crippen LogP contribution is -2.43. The minimum Gasteiger partial charge on any atom is -0.378 e. The highest BCUT2D eigenvalue weighted by atomic mass is 35.5. The molecule has 2 fully saturated rings. The van der Waals surface area contributed by atoms with Crippen molar-refractivity contribution in [1.29, 1.82) is 0 Å². The molecule has 0 bridgehead atoms. The Morgan fingerprint density at radius 3 is 2.57 bits per heavy atom. The maximum absolute atomic E-state index is 13.2. The first-order valence-corrected chi connectivity index (χ1v) is 10.6. The quantitative estimate of drug-likeness (QED) is 0.781. The van der Waals surface area contributed by atoms with Crippen molar-refractivity contribution >= 4 is 29.1 Å². The Bertz CT molecular complexity index is 876. The molecular weight excluding hydrogens is 409 g/mol. The van der Waals surface area contributed by atoms with Crippen molar-refractivity contribution in [2.45, 2.75) is 19.4 Å². The van der Waals surface area contributed by atoms with Crippen molar-refractivity contribution in [2.75, 3.05) is 49.2 Å². The second kappa shape index (κ2) is 9.57. The number of morpholine rings is 1. The summed E-state index contributed by atoms with van der Waals surface area (Å²) in [6.45, 7) is 4.76. The van der Waals surface area contributed by atoms with Crippen LogP contribution in [0.3, 0.4) is 0 Å². The SMILES string of the molecule is O=C(NCc1ccc(F)cc1Cl)[C@@H]1CCCN(c2ccc(N3CCOCC3)nn2)C1. The number of hydrogen-bond donors (Lipinski definition) is 1. The Kier molecular flexibility index (Phi) is 6.64. The number of nitrogens with zero attached hydrogens (tertiary/aromatic N) is 4. The molecule has 0 spiro atoms. The molecule has 2 aliphatic heterocycles. The summed E-state index contributed by atoms with van der Waals surface area (Å²) in [5.41, 5.74) is 0.698. The summed E-state index contributed by atoms with van der Waals surface area (Å²) in [5, 5.41) is 12.0. The topological polar surface area (TPSA) is 70.6 Å². The number of anilines is 2. The molecular formula is C21H25ClFN5O2. The van der Waals surface area contributed by atoms with Crippen LogP contribution in [0.25, 0.3) is 0 Å². The average molecular weight is 434 g/mol. The molecule has 0 saturated carbocycles. The highest BCUT2D eigenvalue weighted by molar-refractivity contribution is 6.31. The van der Waals surface area contributed by atoms with Crippen LogP contribution in [-0.4, -0.2) is 55.5 Å². The van der Waals surface area contributed by atoms with Crippen molar-refractivity contribution in [3.05, 3.63) is 46.7 Å². The number of halogens is 2. The summed E-state index contributed by atoms with van der Waals surface area (Å²) in [7, 11) is 0. The molecule has 2 aromatic rings. The number of carbonyl (C=O) groups is 1. The zero-order valence-corrected chi connectivity index (χ0v) is 17.4. The highest BCUT2D eigenvalue weighted by Crippen LogP contribution is 2.23. The van der Waals surface area contributed by atoms with Gasteiger partial charge in [-0.1, -0.05) is 17.7 Å². The van der Waals surface area contributed by atoms with E-state index >= 15 is 0 Å². The first-order chi connectivity index (χ1) is 14.6. The van der Waals surface area contributed by atoms with E-state index in [9.17, 15) is 9.18 Å². The minimum absolute atomic E-state index is 0.0296. The molecule has 160 valence electrons. The summed E-state index contributed by atoms with van der Waals surface area (Å²) in [6.07, 6.45) is 1.72. The Hall–Kier alpha value is -2.45. The number of rotatable bonds is 5. The van der Waals surface area contributed by atoms with Gasteiger partial charge in [0.15, 0.2) is 11.6 Å². The third-order valence-corrected chi connectivity index (χ3v) is 5.91. The summed E-state index contributed by atoms with van der Waals surface area (Å²) < 4.78 is 18.5. The molecule has 7 nitrogen and oxygen atoms in total. The van der Waals surface area contributed by atoms with E-state index in [1.807, 2.05) is 12.1 Å². The van der Waals surface area contributed by atoms with Gasteiger partial charge in [-0.25, -0.2) is 4.39 Å². The Morgan fingerprint density at radius 2 is 1.87 bits per heavy atom. The van der Waals surface area contributed by atoms with Crippen LogP contribution in [0.4, 0.5) is 16.0 Å². The van der Waals surface area contributed by atoms with E-state index in [2.05, 4.69) is 25.3 Å². The van der Waals surface area contributed by atoms with Crippen molar-refractivity contribution in [1.82, 2.24) is 15.5 Å². The molecule has 1 atom stereocenters. The first kappa shape index (κ1) is 20.8. The molecule has 0 radical (unpaired) electrons. The van der Waals surface area contributed by atoms with Gasteiger partial charge in [0.1, 0.15) is 5.82 Å². The van der Waals surface area contributed by atoms with Crippen LogP contribution in [0.15, 0.2) is 30.3 Å². The van der Waals surface area contributed by atoms with E-state index in [4.69, 9.17) is 16.3 Å². The van der Waals surface area contributed by atoms with E-state index in [-0.39, 0.29) is 18.4 Å². The number of nitrogens with one attached hydrogen (secondary N) is 1. The maximum Gasteiger partial charge on any atom is 0.225 e. The van der Waals surface area contributed by atoms with Crippen molar-refractivity contribution < 1.29 is 13.9 Å². The molecule has 1 aromatic carbocycles. The molecule has 4 rings (SSSR count). The molecule has 0 unspecified atom stereocenters. The van der Waals surface area contributed by atoms with Crippen LogP contribution in [0, 0.1) is 11.7 Å². The Labute approximate surface area is 180 Å². The minimum atomic E-state index is -0.390. The number of benzene rings is 1. The van der Waals surface area contributed by atoms with Gasteiger partial charge in [-0.2, -0.15) is 0 Å². The molecule has 9 heteroatoms. The van der Waals surface area contributed by atoms with Gasteiger partial charge in [-0.05, 0) is 42.7 Å². The fraction of sp³-hybridized carbons (Fsp3) is 0.476. The fourth-order valence-corrected chi connectivity index (χ4v) is 4.07. The number of amides is 1. The van der Waals surface area contributed by atoms with Gasteiger partial charge in [0.05, 0.1) is 19.1 Å². The van der Waals surface area contributed by atoms with E-state index in [1.165, 1.54) is 12.1 Å². The lowest BCUT2D eigenvalue weighted by atomic mass is 9.97. The van der Waals surface area contributed by atoms with Crippen LogP contribution < -0.4 is 15.1 Å². The van der Waals surface area contributed by atoms with E-state index in [0.29, 0.717) is 30.3 Å². The van der Waals surface area contributed by atoms with E-state index in [0.717, 1.165) is 44.1 Å². The summed E-state index contributed by atoms with van der Waals surface area (Å²) in [5.74, 6) is 1.08. The van der Waals surface area contributed by atoms with Gasteiger partial charge in [0.2, 0.25) is 5.91 Å². The number of hydrogen-bond acceptors (Lipinski definition) is 6. The number of carbonyl (C=O) groups excluding carboxylic acids is 1. The zero-order valence-electron chi connectivity index (χ0n) is 16.7. The van der Waals surface area contributed by atoms with Gasteiger partial charge in [-0.3, -0.25) is 4.79 Å². The van der Waals surface area contributed by atoms with Crippen LogP contribution in [0.1, 0.15) is 18.4 Å². The van der Waals surface area contributed by atoms with Crippen molar-refractivity contribution in [3.63, 3.8) is 0 Å². The maximum atomic E-state index is 13.2. The monoisotopic (exact) mass is 433 g/mol. The van der Waals surface area contributed by atoms with Crippen LogP contribution in [0.2, 0.25) is 5.02 Å². The van der Waals surface area contributed by atoms with Gasteiger partial charge in [0, 0.05) is 37.7 Å². The standard InChI is InChI=1S/C21H25ClFN5O2/c22-18-12-17(23)4-3-15(18)13-24-21(29)16-2-1-7-28(14-16)20-6-5-19(25-26-20)27-8-10-30-11-9-27/h3-6,12,16H,1-2,7-11,13-14H2,(H,24,29)/t16-/m1/s1. The average Bonchev–Trinajstić information content (AvgIpc) is 2.79. The second-order valence-corrected chi connectivity index (χ2v) is 8.00. The van der Waals surface area contributed by atoms with Gasteiger partial charge in [0.25, 0.3) is 0 Å². The molecule has 3 heterocycles. The lowest BCUT2D eigenvalue weighted by molar-refractivity contribution is -0.125. The third kappa shape index (κ3) is 4.99. The van der Waals surface area contributed by atoms with E-state index < -0.39 is 5.82 Å². The smallest absolute Gasteiger partial charge is 0.225 e. The largest absolute Gasteiger partial charge is 0.378 e. The summed E-state index contributed by atoms with van der Waals surface area (Å²) in [4.78, 5) is 16.9. The van der Waals surface area contributed by atoms with Crippen LogP contribution in [-0.2, 0) is 16.1 Å². The molecule has 1 amide bonds. The second-order valence-electron chi connectivity index (χ2n) is 7.59. The first-order valence-electron chi connectivity index (χ1n) is 10.2. The normalized spacial score (nSPS) is 19.6. The molecule has 2 aliphatic rings. The van der Waals surface area contributed by atoms with Crippen LogP contribution >= 0.6 is 11.6 Å². The van der Waals surface area contributed by atoms with Crippen molar-refractivity contribution in [3.8, 4) is 0 Å². The molecule has 0 aliphatic carbocycles. The predicted octanol–water partition coefficient (Wildman–Crippen LogP) is 2.64. The summed E-state index contributed by atoms with van der Waals surface area (Å²) in [6, 6.07) is 8.14. The number of ether oxygens (including phenoxy) is 1. The van der Waals surface area contributed by atoms with E-state index in [1.54, 1.807) is 6.07 Å². The number of piperidine rings is 1. The molecule has 1 N–H and O–H groups in total. The summed E-state index contributed by atoms with van der Waals surface area (Å²) >= 11 is 6.05. The van der Waals surface area contributed by atoms with Gasteiger partial charge >= 0.3 is 0 Å². The third-order valence-electron chi connectivity index (χ3n) is 5.56. The fourth-order valence-electron chi connectivity index (χ4n) is 3.84. The lowest BCUT2D eigenvalue weighted by Gasteiger charge is -2.33. The molecule has 1 aromatic heterocycles. The predicted molar refractivity (Wildman–Crippen MR) is 113 cm³/mol. The van der Waals surface area contributed by atoms with Crippen molar-refractivity contribution in [2.24, 2.45) is 5.92 Å². The van der Waals surface area contributed by atoms with Gasteiger partial charge < -0.3 is 19.9 Å². The molecule has 30 heavy (non-hydrogen) atoms. The van der Waals surface area contributed by atoms with Crippen LogP contribution in [0.5, 0.6) is 0 Å². The zero-order chi connectivity index (χ0) is 20.9.